The second kappa shape index (κ2) is 3.95. The van der Waals surface area contributed by atoms with Crippen molar-refractivity contribution in [2.24, 2.45) is 0 Å². The third-order valence-electron chi connectivity index (χ3n) is 3.14. The van der Waals surface area contributed by atoms with Crippen LogP contribution in [-0.4, -0.2) is 18.0 Å². The molecule has 2 fully saturated rings. The Morgan fingerprint density at radius 2 is 1.88 bits per heavy atom. The Morgan fingerprint density at radius 3 is 2.53 bits per heavy atom. The van der Waals surface area contributed by atoms with E-state index in [-0.39, 0.29) is 5.91 Å². The fourth-order valence-corrected chi connectivity index (χ4v) is 1.81. The van der Waals surface area contributed by atoms with Gasteiger partial charge in [-0.3, -0.25) is 4.79 Å². The van der Waals surface area contributed by atoms with Crippen LogP contribution in [0.5, 0.6) is 0 Å². The highest BCUT2D eigenvalue weighted by atomic mass is 16.1. The van der Waals surface area contributed by atoms with Crippen molar-refractivity contribution in [1.82, 2.24) is 5.32 Å². The molecule has 4 N–H and O–H groups in total. The summed E-state index contributed by atoms with van der Waals surface area (Å²) < 4.78 is 0. The molecule has 0 radical (unpaired) electrons. The van der Waals surface area contributed by atoms with E-state index in [1.165, 1.54) is 12.8 Å². The van der Waals surface area contributed by atoms with Crippen LogP contribution >= 0.6 is 0 Å². The van der Waals surface area contributed by atoms with Gasteiger partial charge in [0.05, 0.1) is 5.56 Å². The molecule has 0 aromatic heterocycles. The van der Waals surface area contributed by atoms with Gasteiger partial charge in [-0.25, -0.2) is 0 Å². The highest BCUT2D eigenvalue weighted by molar-refractivity contribution is 6.00. The number of nitrogens with one attached hydrogen (secondary N) is 2. The highest BCUT2D eigenvalue weighted by Gasteiger charge is 2.27. The van der Waals surface area contributed by atoms with Gasteiger partial charge < -0.3 is 16.4 Å². The number of nitrogen functional groups attached to an aromatic ring is 1. The Bertz CT molecular complexity index is 450. The molecule has 1 aromatic rings. The molecule has 4 heteroatoms. The van der Waals surface area contributed by atoms with Crippen molar-refractivity contribution in [3.63, 3.8) is 0 Å². The Hall–Kier alpha value is -1.71. The molecule has 1 amide bonds. The van der Waals surface area contributed by atoms with Gasteiger partial charge in [-0.2, -0.15) is 0 Å². The predicted molar refractivity (Wildman–Crippen MR) is 68.0 cm³/mol. The summed E-state index contributed by atoms with van der Waals surface area (Å²) in [5, 5.41) is 6.37. The van der Waals surface area contributed by atoms with E-state index in [2.05, 4.69) is 10.6 Å². The van der Waals surface area contributed by atoms with Gasteiger partial charge in [0.15, 0.2) is 0 Å². The van der Waals surface area contributed by atoms with E-state index in [1.54, 1.807) is 6.07 Å². The van der Waals surface area contributed by atoms with Crippen molar-refractivity contribution in [1.29, 1.82) is 0 Å². The molecule has 0 saturated heterocycles. The summed E-state index contributed by atoms with van der Waals surface area (Å²) in [7, 11) is 0. The van der Waals surface area contributed by atoms with Crippen molar-refractivity contribution < 1.29 is 4.79 Å². The van der Waals surface area contributed by atoms with Gasteiger partial charge in [0.2, 0.25) is 0 Å². The van der Waals surface area contributed by atoms with Crippen LogP contribution in [-0.2, 0) is 0 Å². The second-order valence-electron chi connectivity index (χ2n) is 4.97. The number of rotatable bonds is 4. The Balaban J connectivity index is 1.82. The number of hydrogen-bond donors (Lipinski definition) is 3. The standard InChI is InChI=1S/C13H17N3O/c14-8-1-6-12(15-9-2-3-9)11(7-8)13(17)16-10-4-5-10/h1,6-7,9-10,15H,2-5,14H2,(H,16,17). The van der Waals surface area contributed by atoms with E-state index in [0.717, 1.165) is 18.5 Å². The molecule has 2 saturated carbocycles. The molecule has 1 aromatic carbocycles. The number of benzene rings is 1. The third-order valence-corrected chi connectivity index (χ3v) is 3.14. The largest absolute Gasteiger partial charge is 0.399 e. The van der Waals surface area contributed by atoms with Crippen LogP contribution in [0.1, 0.15) is 36.0 Å². The number of anilines is 2. The minimum Gasteiger partial charge on any atom is -0.399 e. The maximum absolute atomic E-state index is 12.1. The molecule has 0 spiro atoms. The molecule has 0 aliphatic heterocycles. The first kappa shape index (κ1) is 10.4. The molecular weight excluding hydrogens is 214 g/mol. The van der Waals surface area contributed by atoms with Gasteiger partial charge in [0.1, 0.15) is 0 Å². The van der Waals surface area contributed by atoms with E-state index >= 15 is 0 Å². The average molecular weight is 231 g/mol. The number of carbonyl (C=O) groups is 1. The Labute approximate surface area is 101 Å². The predicted octanol–water partition coefficient (Wildman–Crippen LogP) is 1.74. The van der Waals surface area contributed by atoms with E-state index < -0.39 is 0 Å². The zero-order valence-corrected chi connectivity index (χ0v) is 9.70. The van der Waals surface area contributed by atoms with Crippen LogP contribution in [0.3, 0.4) is 0 Å². The topological polar surface area (TPSA) is 67.1 Å². The Kier molecular flexibility index (Phi) is 2.42. The van der Waals surface area contributed by atoms with Crippen LogP contribution in [0.4, 0.5) is 11.4 Å². The lowest BCUT2D eigenvalue weighted by Crippen LogP contribution is -2.26. The van der Waals surface area contributed by atoms with Gasteiger partial charge >= 0.3 is 0 Å². The number of carbonyl (C=O) groups excluding carboxylic acids is 1. The molecule has 0 heterocycles. The van der Waals surface area contributed by atoms with Crippen LogP contribution in [0.25, 0.3) is 0 Å². The summed E-state index contributed by atoms with van der Waals surface area (Å²) in [6.07, 6.45) is 4.57. The first-order valence-corrected chi connectivity index (χ1v) is 6.19. The number of amides is 1. The van der Waals surface area contributed by atoms with Gasteiger partial charge in [-0.15, -0.1) is 0 Å². The SMILES string of the molecule is Nc1ccc(NC2CC2)c(C(=O)NC2CC2)c1. The molecule has 3 rings (SSSR count). The molecule has 90 valence electrons. The van der Waals surface area contributed by atoms with E-state index in [4.69, 9.17) is 5.73 Å². The van der Waals surface area contributed by atoms with E-state index in [1.807, 2.05) is 12.1 Å². The summed E-state index contributed by atoms with van der Waals surface area (Å²) in [6.45, 7) is 0. The number of hydrogen-bond acceptors (Lipinski definition) is 3. The van der Waals surface area contributed by atoms with Crippen molar-refractivity contribution in [3.05, 3.63) is 23.8 Å². The van der Waals surface area contributed by atoms with Crippen molar-refractivity contribution in [2.45, 2.75) is 37.8 Å². The summed E-state index contributed by atoms with van der Waals surface area (Å²) in [5.41, 5.74) is 7.95. The lowest BCUT2D eigenvalue weighted by atomic mass is 10.1. The fraction of sp³-hybridized carbons (Fsp3) is 0.462. The molecule has 17 heavy (non-hydrogen) atoms. The first-order valence-electron chi connectivity index (χ1n) is 6.19. The summed E-state index contributed by atoms with van der Waals surface area (Å²) in [6, 6.07) is 6.39. The summed E-state index contributed by atoms with van der Waals surface area (Å²) >= 11 is 0. The maximum atomic E-state index is 12.1. The Morgan fingerprint density at radius 1 is 1.18 bits per heavy atom. The molecule has 0 atom stereocenters. The van der Waals surface area contributed by atoms with E-state index in [0.29, 0.717) is 23.3 Å². The van der Waals surface area contributed by atoms with Crippen molar-refractivity contribution >= 4 is 17.3 Å². The van der Waals surface area contributed by atoms with Crippen LogP contribution in [0.2, 0.25) is 0 Å². The minimum absolute atomic E-state index is 0.0112. The molecule has 0 bridgehead atoms. The quantitative estimate of drug-likeness (QED) is 0.691. The smallest absolute Gasteiger partial charge is 0.253 e. The second-order valence-corrected chi connectivity index (χ2v) is 4.97. The molecule has 2 aliphatic rings. The third kappa shape index (κ3) is 2.52. The molecule has 0 unspecified atom stereocenters. The summed E-state index contributed by atoms with van der Waals surface area (Å²) in [4.78, 5) is 12.1. The molecule has 4 nitrogen and oxygen atoms in total. The van der Waals surface area contributed by atoms with Crippen molar-refractivity contribution in [2.75, 3.05) is 11.1 Å². The zero-order valence-electron chi connectivity index (χ0n) is 9.70. The number of nitrogens with two attached hydrogens (primary N) is 1. The monoisotopic (exact) mass is 231 g/mol. The van der Waals surface area contributed by atoms with Crippen LogP contribution in [0, 0.1) is 0 Å². The summed E-state index contributed by atoms with van der Waals surface area (Å²) in [5.74, 6) is -0.0112. The van der Waals surface area contributed by atoms with Gasteiger partial charge in [0.25, 0.3) is 5.91 Å². The van der Waals surface area contributed by atoms with Gasteiger partial charge in [-0.1, -0.05) is 0 Å². The van der Waals surface area contributed by atoms with Crippen LogP contribution < -0.4 is 16.4 Å². The highest BCUT2D eigenvalue weighted by Crippen LogP contribution is 2.28. The zero-order chi connectivity index (χ0) is 11.8. The molecular formula is C13H17N3O. The average Bonchev–Trinajstić information content (AvgIpc) is 3.15. The van der Waals surface area contributed by atoms with Gasteiger partial charge in [-0.05, 0) is 43.9 Å². The first-order chi connectivity index (χ1) is 8.22. The molecule has 2 aliphatic carbocycles. The normalized spacial score (nSPS) is 18.8. The van der Waals surface area contributed by atoms with Crippen molar-refractivity contribution in [3.8, 4) is 0 Å². The van der Waals surface area contributed by atoms with Crippen LogP contribution in [0.15, 0.2) is 18.2 Å². The fourth-order valence-electron chi connectivity index (χ4n) is 1.81. The van der Waals surface area contributed by atoms with Gasteiger partial charge in [0, 0.05) is 23.5 Å². The maximum Gasteiger partial charge on any atom is 0.253 e. The lowest BCUT2D eigenvalue weighted by Gasteiger charge is -2.12. The lowest BCUT2D eigenvalue weighted by molar-refractivity contribution is 0.0952. The van der Waals surface area contributed by atoms with E-state index in [9.17, 15) is 4.79 Å². The minimum atomic E-state index is -0.0112.